The average molecular weight is 146 g/mol. The lowest BCUT2D eigenvalue weighted by Crippen LogP contribution is -1.99. The van der Waals surface area contributed by atoms with Crippen molar-refractivity contribution in [3.05, 3.63) is 0 Å². The van der Waals surface area contributed by atoms with Gasteiger partial charge in [0.05, 0.1) is 0 Å². The topological polar surface area (TPSA) is 18.5 Å². The molecule has 0 rings (SSSR count). The minimum Gasteiger partial charge on any atom is -0.385 e. The van der Waals surface area contributed by atoms with Crippen molar-refractivity contribution in [3.8, 4) is 0 Å². The van der Waals surface area contributed by atoms with Gasteiger partial charge in [-0.15, -0.1) is 0 Å². The van der Waals surface area contributed by atoms with Crippen molar-refractivity contribution in [1.82, 2.24) is 0 Å². The van der Waals surface area contributed by atoms with Gasteiger partial charge in [-0.25, -0.2) is 0 Å². The van der Waals surface area contributed by atoms with E-state index in [1.165, 1.54) is 12.8 Å². The van der Waals surface area contributed by atoms with Crippen LogP contribution in [0.2, 0.25) is 0 Å². The molecule has 0 saturated heterocycles. The molecule has 2 heteroatoms. The lowest BCUT2D eigenvalue weighted by molar-refractivity contribution is 0.101. The molecule has 0 aromatic carbocycles. The SMILES string of the molecule is CCCCOCCCOC. The highest BCUT2D eigenvalue weighted by atomic mass is 16.5. The fourth-order valence-corrected chi connectivity index (χ4v) is 0.654. The largest absolute Gasteiger partial charge is 0.385 e. The molecule has 0 aliphatic carbocycles. The Bertz CT molecular complexity index is 47.2. The molecule has 62 valence electrons. The number of rotatable bonds is 7. The average Bonchev–Trinajstić information content (AvgIpc) is 1.97. The third-order valence-corrected chi connectivity index (χ3v) is 1.28. The van der Waals surface area contributed by atoms with E-state index < -0.39 is 0 Å². The molecule has 0 aliphatic heterocycles. The minimum absolute atomic E-state index is 0.812. The molecule has 0 spiro atoms. The first-order chi connectivity index (χ1) is 4.91. The summed E-state index contributed by atoms with van der Waals surface area (Å²) in [6.45, 7) is 4.72. The summed E-state index contributed by atoms with van der Waals surface area (Å²) in [5.74, 6) is 0. The Hall–Kier alpha value is -0.0800. The van der Waals surface area contributed by atoms with Crippen LogP contribution < -0.4 is 0 Å². The summed E-state index contributed by atoms with van der Waals surface area (Å²) in [5, 5.41) is 0. The van der Waals surface area contributed by atoms with E-state index in [0.29, 0.717) is 0 Å². The molecule has 0 heterocycles. The molecular weight excluding hydrogens is 128 g/mol. The van der Waals surface area contributed by atoms with Gasteiger partial charge in [0.15, 0.2) is 0 Å². The Morgan fingerprint density at radius 1 is 1.00 bits per heavy atom. The Morgan fingerprint density at radius 2 is 1.70 bits per heavy atom. The van der Waals surface area contributed by atoms with Crippen LogP contribution in [0.4, 0.5) is 0 Å². The van der Waals surface area contributed by atoms with Crippen LogP contribution in [0.5, 0.6) is 0 Å². The molecular formula is C8H18O2. The van der Waals surface area contributed by atoms with Crippen LogP contribution in [0, 0.1) is 0 Å². The van der Waals surface area contributed by atoms with Crippen molar-refractivity contribution in [2.45, 2.75) is 26.2 Å². The van der Waals surface area contributed by atoms with Gasteiger partial charge in [-0.3, -0.25) is 0 Å². The van der Waals surface area contributed by atoms with Crippen LogP contribution in [0.1, 0.15) is 26.2 Å². The maximum Gasteiger partial charge on any atom is 0.0487 e. The van der Waals surface area contributed by atoms with Gasteiger partial charge in [0.25, 0.3) is 0 Å². The van der Waals surface area contributed by atoms with Crippen LogP contribution in [-0.2, 0) is 9.47 Å². The van der Waals surface area contributed by atoms with Crippen molar-refractivity contribution >= 4 is 0 Å². The molecule has 0 saturated carbocycles. The fourth-order valence-electron chi connectivity index (χ4n) is 0.654. The van der Waals surface area contributed by atoms with Crippen LogP contribution in [0.25, 0.3) is 0 Å². The molecule has 10 heavy (non-hydrogen) atoms. The normalized spacial score (nSPS) is 10.2. The van der Waals surface area contributed by atoms with Gasteiger partial charge in [0, 0.05) is 26.9 Å². The van der Waals surface area contributed by atoms with Gasteiger partial charge < -0.3 is 9.47 Å². The molecule has 0 amide bonds. The summed E-state index contributed by atoms with van der Waals surface area (Å²) in [6.07, 6.45) is 3.40. The number of ether oxygens (including phenoxy) is 2. The number of hydrogen-bond acceptors (Lipinski definition) is 2. The van der Waals surface area contributed by atoms with E-state index in [1.807, 2.05) is 0 Å². The first-order valence-corrected chi connectivity index (χ1v) is 3.98. The zero-order valence-corrected chi connectivity index (χ0v) is 7.06. The molecule has 2 nitrogen and oxygen atoms in total. The smallest absolute Gasteiger partial charge is 0.0487 e. The molecule has 0 atom stereocenters. The van der Waals surface area contributed by atoms with E-state index in [2.05, 4.69) is 6.92 Å². The Kier molecular flexibility index (Phi) is 8.85. The van der Waals surface area contributed by atoms with Crippen molar-refractivity contribution in [2.24, 2.45) is 0 Å². The molecule has 0 N–H and O–H groups in total. The standard InChI is InChI=1S/C8H18O2/c1-3-4-7-10-8-5-6-9-2/h3-8H2,1-2H3. The molecule has 0 aliphatic rings. The second-order valence-electron chi connectivity index (χ2n) is 2.31. The monoisotopic (exact) mass is 146 g/mol. The minimum atomic E-state index is 0.812. The van der Waals surface area contributed by atoms with E-state index in [9.17, 15) is 0 Å². The Balaban J connectivity index is 2.65. The highest BCUT2D eigenvalue weighted by Crippen LogP contribution is 1.89. The van der Waals surface area contributed by atoms with E-state index in [0.717, 1.165) is 26.2 Å². The van der Waals surface area contributed by atoms with Gasteiger partial charge in [-0.2, -0.15) is 0 Å². The van der Waals surface area contributed by atoms with Crippen molar-refractivity contribution in [3.63, 3.8) is 0 Å². The third kappa shape index (κ3) is 7.92. The highest BCUT2D eigenvalue weighted by Gasteiger charge is 1.86. The van der Waals surface area contributed by atoms with Crippen molar-refractivity contribution < 1.29 is 9.47 Å². The summed E-state index contributed by atoms with van der Waals surface area (Å²) in [7, 11) is 1.71. The van der Waals surface area contributed by atoms with Crippen molar-refractivity contribution in [1.29, 1.82) is 0 Å². The molecule has 0 fully saturated rings. The summed E-state index contributed by atoms with van der Waals surface area (Å²) >= 11 is 0. The molecule has 0 bridgehead atoms. The zero-order chi connectivity index (χ0) is 7.66. The van der Waals surface area contributed by atoms with Crippen LogP contribution in [0.3, 0.4) is 0 Å². The summed E-state index contributed by atoms with van der Waals surface area (Å²) in [5.41, 5.74) is 0. The van der Waals surface area contributed by atoms with Gasteiger partial charge in [0.1, 0.15) is 0 Å². The predicted octanol–water partition coefficient (Wildman–Crippen LogP) is 1.84. The highest BCUT2D eigenvalue weighted by molar-refractivity contribution is 4.34. The number of hydrogen-bond donors (Lipinski definition) is 0. The first-order valence-electron chi connectivity index (χ1n) is 3.98. The summed E-state index contributed by atoms with van der Waals surface area (Å²) in [4.78, 5) is 0. The summed E-state index contributed by atoms with van der Waals surface area (Å²) < 4.78 is 10.2. The van der Waals surface area contributed by atoms with E-state index >= 15 is 0 Å². The molecule has 0 unspecified atom stereocenters. The van der Waals surface area contributed by atoms with E-state index in [1.54, 1.807) is 7.11 Å². The van der Waals surface area contributed by atoms with Gasteiger partial charge >= 0.3 is 0 Å². The molecule has 0 aromatic heterocycles. The second kappa shape index (κ2) is 8.92. The number of unbranched alkanes of at least 4 members (excludes halogenated alkanes) is 1. The molecule has 0 aromatic rings. The quantitative estimate of drug-likeness (QED) is 0.510. The fraction of sp³-hybridized carbons (Fsp3) is 1.00. The van der Waals surface area contributed by atoms with Crippen LogP contribution >= 0.6 is 0 Å². The van der Waals surface area contributed by atoms with Gasteiger partial charge in [-0.05, 0) is 12.8 Å². The summed E-state index contributed by atoms with van der Waals surface area (Å²) in [6, 6.07) is 0. The number of methoxy groups -OCH3 is 1. The van der Waals surface area contributed by atoms with E-state index in [4.69, 9.17) is 9.47 Å². The third-order valence-electron chi connectivity index (χ3n) is 1.28. The van der Waals surface area contributed by atoms with Crippen molar-refractivity contribution in [2.75, 3.05) is 26.9 Å². The van der Waals surface area contributed by atoms with Crippen LogP contribution in [0.15, 0.2) is 0 Å². The maximum atomic E-state index is 5.30. The van der Waals surface area contributed by atoms with Crippen LogP contribution in [-0.4, -0.2) is 26.9 Å². The Morgan fingerprint density at radius 3 is 2.30 bits per heavy atom. The maximum absolute atomic E-state index is 5.30. The van der Waals surface area contributed by atoms with E-state index in [-0.39, 0.29) is 0 Å². The predicted molar refractivity (Wildman–Crippen MR) is 42.2 cm³/mol. The lowest BCUT2D eigenvalue weighted by Gasteiger charge is -2.01. The zero-order valence-electron chi connectivity index (χ0n) is 7.06. The molecule has 0 radical (unpaired) electrons. The van der Waals surface area contributed by atoms with Gasteiger partial charge in [0.2, 0.25) is 0 Å². The first kappa shape index (κ1) is 9.92. The lowest BCUT2D eigenvalue weighted by atomic mass is 10.4. The Labute approximate surface area is 63.5 Å². The van der Waals surface area contributed by atoms with Gasteiger partial charge in [-0.1, -0.05) is 13.3 Å². The second-order valence-corrected chi connectivity index (χ2v) is 2.31.